The molecule has 2 aromatic carbocycles. The van der Waals surface area contributed by atoms with Gasteiger partial charge < -0.3 is 9.64 Å². The Morgan fingerprint density at radius 2 is 1.62 bits per heavy atom. The van der Waals surface area contributed by atoms with E-state index in [4.69, 9.17) is 10.00 Å². The van der Waals surface area contributed by atoms with Crippen molar-refractivity contribution in [1.29, 1.82) is 5.26 Å². The minimum atomic E-state index is -0.415. The highest BCUT2D eigenvalue weighted by atomic mass is 16.5. The Bertz CT molecular complexity index is 932. The van der Waals surface area contributed by atoms with E-state index in [9.17, 15) is 4.79 Å². The predicted octanol–water partition coefficient (Wildman–Crippen LogP) is 6.95. The highest BCUT2D eigenvalue weighted by Gasteiger charge is 2.33. The topological polar surface area (TPSA) is 78.0 Å². The molecule has 0 bridgehead atoms. The van der Waals surface area contributed by atoms with Gasteiger partial charge in [-0.15, -0.1) is 0 Å². The largest absolute Gasteiger partial charge is 0.460 e. The van der Waals surface area contributed by atoms with E-state index in [1.165, 1.54) is 0 Å². The highest BCUT2D eigenvalue weighted by molar-refractivity contribution is 5.76. The third-order valence-electron chi connectivity index (χ3n) is 5.73. The van der Waals surface area contributed by atoms with Crippen molar-refractivity contribution in [3.63, 3.8) is 0 Å². The normalized spacial score (nSPS) is 13.9. The number of esters is 1. The van der Waals surface area contributed by atoms with Gasteiger partial charge >= 0.3 is 5.97 Å². The summed E-state index contributed by atoms with van der Waals surface area (Å²) in [5.74, 6) is -0.107. The number of nitriles is 1. The maximum Gasteiger partial charge on any atom is 0.312 e. The lowest BCUT2D eigenvalue weighted by molar-refractivity contribution is -0.160. The quantitative estimate of drug-likeness (QED) is 0.283. The molecule has 0 saturated carbocycles. The van der Waals surface area contributed by atoms with Gasteiger partial charge in [0, 0.05) is 12.2 Å². The van der Waals surface area contributed by atoms with E-state index in [1.807, 2.05) is 45.0 Å². The standard InChI is InChI=1S/C26H34N4O2/c1-6-17-26(5,7-2)25(31)32-20(4)19-30(8-3)24-15-13-23(14-16-24)29-28-22-11-9-21(18-27)10-12-22/h9-16,20H,6-8,17,19H2,1-5H3. The number of hydrogen-bond acceptors (Lipinski definition) is 6. The van der Waals surface area contributed by atoms with Crippen molar-refractivity contribution in [3.05, 3.63) is 54.1 Å². The molecule has 0 aliphatic heterocycles. The van der Waals surface area contributed by atoms with Crippen LogP contribution in [0.25, 0.3) is 0 Å². The first kappa shape index (κ1) is 25.1. The van der Waals surface area contributed by atoms with Crippen molar-refractivity contribution in [3.8, 4) is 6.07 Å². The molecule has 0 radical (unpaired) electrons. The monoisotopic (exact) mass is 434 g/mol. The number of anilines is 1. The predicted molar refractivity (Wildman–Crippen MR) is 129 cm³/mol. The minimum absolute atomic E-state index is 0.107. The molecule has 2 rings (SSSR count). The van der Waals surface area contributed by atoms with Gasteiger partial charge in [-0.25, -0.2) is 0 Å². The number of carbonyl (C=O) groups excluding carboxylic acids is 1. The summed E-state index contributed by atoms with van der Waals surface area (Å²) in [7, 11) is 0. The zero-order valence-corrected chi connectivity index (χ0v) is 19.8. The maximum absolute atomic E-state index is 12.7. The molecule has 0 aliphatic rings. The van der Waals surface area contributed by atoms with E-state index in [0.29, 0.717) is 17.8 Å². The summed E-state index contributed by atoms with van der Waals surface area (Å²) >= 11 is 0. The second kappa shape index (κ2) is 12.0. The molecule has 2 unspecified atom stereocenters. The number of nitrogens with zero attached hydrogens (tertiary/aromatic N) is 4. The Morgan fingerprint density at radius 1 is 1.06 bits per heavy atom. The van der Waals surface area contributed by atoms with Crippen LogP contribution in [0.4, 0.5) is 17.1 Å². The van der Waals surface area contributed by atoms with Crippen LogP contribution in [0, 0.1) is 16.7 Å². The fourth-order valence-electron chi connectivity index (χ4n) is 3.51. The molecule has 0 heterocycles. The van der Waals surface area contributed by atoms with Crippen LogP contribution in [-0.2, 0) is 9.53 Å². The second-order valence-electron chi connectivity index (χ2n) is 8.29. The van der Waals surface area contributed by atoms with Gasteiger partial charge in [-0.05, 0) is 82.1 Å². The number of benzene rings is 2. The molecular formula is C26H34N4O2. The van der Waals surface area contributed by atoms with E-state index in [2.05, 4.69) is 35.0 Å². The number of likely N-dealkylation sites (N-methyl/N-ethyl adjacent to an activating group) is 1. The molecular weight excluding hydrogens is 400 g/mol. The third-order valence-corrected chi connectivity index (χ3v) is 5.73. The van der Waals surface area contributed by atoms with Gasteiger partial charge in [0.05, 0.1) is 35.0 Å². The molecule has 0 spiro atoms. The molecule has 2 atom stereocenters. The number of azo groups is 1. The molecule has 0 aromatic heterocycles. The van der Waals surface area contributed by atoms with Crippen LogP contribution in [0.5, 0.6) is 0 Å². The number of carbonyl (C=O) groups is 1. The van der Waals surface area contributed by atoms with Gasteiger partial charge in [0.2, 0.25) is 0 Å². The minimum Gasteiger partial charge on any atom is -0.460 e. The lowest BCUT2D eigenvalue weighted by Crippen LogP contribution is -2.37. The van der Waals surface area contributed by atoms with Crippen molar-refractivity contribution in [2.75, 3.05) is 18.0 Å². The van der Waals surface area contributed by atoms with E-state index in [0.717, 1.165) is 37.2 Å². The van der Waals surface area contributed by atoms with Gasteiger partial charge in [0.1, 0.15) is 6.10 Å². The van der Waals surface area contributed by atoms with Gasteiger partial charge in [-0.2, -0.15) is 15.5 Å². The smallest absolute Gasteiger partial charge is 0.312 e. The first-order valence-corrected chi connectivity index (χ1v) is 11.3. The fourth-order valence-corrected chi connectivity index (χ4v) is 3.51. The van der Waals surface area contributed by atoms with Crippen LogP contribution >= 0.6 is 0 Å². The van der Waals surface area contributed by atoms with Gasteiger partial charge in [0.15, 0.2) is 0 Å². The van der Waals surface area contributed by atoms with Crippen LogP contribution in [-0.4, -0.2) is 25.2 Å². The maximum atomic E-state index is 12.7. The number of rotatable bonds is 11. The third kappa shape index (κ3) is 6.91. The second-order valence-corrected chi connectivity index (χ2v) is 8.29. The number of ether oxygens (including phenoxy) is 1. The molecule has 2 aromatic rings. The Morgan fingerprint density at radius 3 is 2.09 bits per heavy atom. The molecule has 0 N–H and O–H groups in total. The SMILES string of the molecule is CCCC(C)(CC)C(=O)OC(C)CN(CC)c1ccc(N=Nc2ccc(C#N)cc2)cc1. The summed E-state index contributed by atoms with van der Waals surface area (Å²) in [6.07, 6.45) is 2.37. The molecule has 6 heteroatoms. The van der Waals surface area contributed by atoms with Crippen LogP contribution in [0.1, 0.15) is 59.4 Å². The van der Waals surface area contributed by atoms with Crippen molar-refractivity contribution in [2.24, 2.45) is 15.6 Å². The molecule has 0 aliphatic carbocycles. The summed E-state index contributed by atoms with van der Waals surface area (Å²) in [5, 5.41) is 17.3. The van der Waals surface area contributed by atoms with Gasteiger partial charge in [0.25, 0.3) is 0 Å². The summed E-state index contributed by atoms with van der Waals surface area (Å²) in [5.41, 5.74) is 2.66. The van der Waals surface area contributed by atoms with Crippen LogP contribution < -0.4 is 4.90 Å². The van der Waals surface area contributed by atoms with Crippen molar-refractivity contribution >= 4 is 23.0 Å². The average molecular weight is 435 g/mol. The lowest BCUT2D eigenvalue weighted by Gasteiger charge is -2.30. The van der Waals surface area contributed by atoms with E-state index in [-0.39, 0.29) is 12.1 Å². The zero-order valence-electron chi connectivity index (χ0n) is 19.8. The van der Waals surface area contributed by atoms with Gasteiger partial charge in [-0.3, -0.25) is 4.79 Å². The molecule has 0 amide bonds. The summed E-state index contributed by atoms with van der Waals surface area (Å²) in [6.45, 7) is 11.6. The van der Waals surface area contributed by atoms with Crippen molar-refractivity contribution in [1.82, 2.24) is 0 Å². The zero-order chi connectivity index (χ0) is 23.6. The van der Waals surface area contributed by atoms with Crippen molar-refractivity contribution in [2.45, 2.75) is 60.0 Å². The van der Waals surface area contributed by atoms with E-state index < -0.39 is 5.41 Å². The lowest BCUT2D eigenvalue weighted by atomic mass is 9.83. The molecule has 32 heavy (non-hydrogen) atoms. The van der Waals surface area contributed by atoms with Gasteiger partial charge in [-0.1, -0.05) is 20.3 Å². The van der Waals surface area contributed by atoms with Crippen LogP contribution in [0.2, 0.25) is 0 Å². The highest BCUT2D eigenvalue weighted by Crippen LogP contribution is 2.30. The average Bonchev–Trinajstić information content (AvgIpc) is 2.82. The van der Waals surface area contributed by atoms with Crippen molar-refractivity contribution < 1.29 is 9.53 Å². The first-order valence-electron chi connectivity index (χ1n) is 11.3. The Hall–Kier alpha value is -3.20. The molecule has 170 valence electrons. The Labute approximate surface area is 191 Å². The molecule has 6 nitrogen and oxygen atoms in total. The summed E-state index contributed by atoms with van der Waals surface area (Å²) in [4.78, 5) is 14.9. The first-order chi connectivity index (χ1) is 15.3. The Balaban J connectivity index is 1.99. The van der Waals surface area contributed by atoms with E-state index >= 15 is 0 Å². The summed E-state index contributed by atoms with van der Waals surface area (Å²) < 4.78 is 5.81. The molecule has 0 saturated heterocycles. The van der Waals surface area contributed by atoms with E-state index in [1.54, 1.807) is 24.3 Å². The van der Waals surface area contributed by atoms with Crippen LogP contribution in [0.3, 0.4) is 0 Å². The van der Waals surface area contributed by atoms with Crippen LogP contribution in [0.15, 0.2) is 58.8 Å². The molecule has 0 fully saturated rings. The number of hydrogen-bond donors (Lipinski definition) is 0. The summed E-state index contributed by atoms with van der Waals surface area (Å²) in [6, 6.07) is 16.9. The Kier molecular flexibility index (Phi) is 9.39. The fraction of sp³-hybridized carbons (Fsp3) is 0.462.